The van der Waals surface area contributed by atoms with Crippen molar-refractivity contribution in [2.24, 2.45) is 0 Å². The summed E-state index contributed by atoms with van der Waals surface area (Å²) in [5.74, 6) is 0. The summed E-state index contributed by atoms with van der Waals surface area (Å²) < 4.78 is 0. The average Bonchev–Trinajstić information content (AvgIpc) is 2.99. The van der Waals surface area contributed by atoms with Gasteiger partial charge in [0.2, 0.25) is 0 Å². The van der Waals surface area contributed by atoms with Gasteiger partial charge in [0.1, 0.15) is 0 Å². The maximum atomic E-state index is 2.33. The fourth-order valence-electron chi connectivity index (χ4n) is 4.80. The van der Waals surface area contributed by atoms with Gasteiger partial charge in [-0.1, -0.05) is 122 Å². The highest BCUT2D eigenvalue weighted by atomic mass is 15.1. The summed E-state index contributed by atoms with van der Waals surface area (Å²) >= 11 is 0. The lowest BCUT2D eigenvalue weighted by Crippen LogP contribution is -2.09. The van der Waals surface area contributed by atoms with Gasteiger partial charge in [-0.2, -0.15) is 0 Å². The summed E-state index contributed by atoms with van der Waals surface area (Å²) in [7, 11) is 0. The summed E-state index contributed by atoms with van der Waals surface area (Å²) in [6, 6.07) is 47.6. The third kappa shape index (κ3) is 5.68. The molecule has 5 rings (SSSR count). The highest BCUT2D eigenvalue weighted by Gasteiger charge is 2.13. The molecule has 0 aromatic heterocycles. The van der Waals surface area contributed by atoms with Crippen LogP contribution in [-0.2, 0) is 0 Å². The van der Waals surface area contributed by atoms with Crippen LogP contribution in [0.4, 0.5) is 17.1 Å². The number of rotatable bonds is 8. The Labute approximate surface area is 227 Å². The summed E-state index contributed by atoms with van der Waals surface area (Å²) in [4.78, 5) is 2.33. The zero-order valence-electron chi connectivity index (χ0n) is 22.1. The van der Waals surface area contributed by atoms with E-state index in [9.17, 15) is 0 Å². The minimum Gasteiger partial charge on any atom is -0.311 e. The van der Waals surface area contributed by atoms with E-state index in [2.05, 4.69) is 170 Å². The third-order valence-corrected chi connectivity index (χ3v) is 6.69. The van der Waals surface area contributed by atoms with E-state index in [1.165, 1.54) is 33.4 Å². The minimum atomic E-state index is 1.01. The average molecular weight is 492 g/mol. The molecule has 0 atom stereocenters. The van der Waals surface area contributed by atoms with E-state index in [4.69, 9.17) is 0 Å². The molecule has 0 bridgehead atoms. The second kappa shape index (κ2) is 12.1. The lowest BCUT2D eigenvalue weighted by molar-refractivity contribution is 1.23. The van der Waals surface area contributed by atoms with Gasteiger partial charge in [-0.3, -0.25) is 0 Å². The molecule has 186 valence electrons. The van der Waals surface area contributed by atoms with Crippen molar-refractivity contribution >= 4 is 22.6 Å². The molecule has 0 aliphatic rings. The zero-order chi connectivity index (χ0) is 26.2. The van der Waals surface area contributed by atoms with Crippen LogP contribution in [0.15, 0.2) is 152 Å². The number of nitrogens with zero attached hydrogens (tertiary/aromatic N) is 1. The molecule has 0 saturated heterocycles. The van der Waals surface area contributed by atoms with E-state index >= 15 is 0 Å². The number of anilines is 3. The molecule has 0 radical (unpaired) electrons. The van der Waals surface area contributed by atoms with E-state index in [1.54, 1.807) is 0 Å². The van der Waals surface area contributed by atoms with Gasteiger partial charge in [-0.25, -0.2) is 0 Å². The van der Waals surface area contributed by atoms with Crippen molar-refractivity contribution < 1.29 is 0 Å². The Hall–Kier alpha value is -4.62. The molecule has 0 N–H and O–H groups in total. The van der Waals surface area contributed by atoms with Crippen molar-refractivity contribution in [2.75, 3.05) is 4.90 Å². The Morgan fingerprint density at radius 2 is 0.921 bits per heavy atom. The topological polar surface area (TPSA) is 3.24 Å². The molecule has 0 spiro atoms. The predicted molar refractivity (Wildman–Crippen MR) is 165 cm³/mol. The smallest absolute Gasteiger partial charge is 0.0462 e. The van der Waals surface area contributed by atoms with Gasteiger partial charge in [0.15, 0.2) is 0 Å². The summed E-state index contributed by atoms with van der Waals surface area (Å²) in [6.45, 7) is 4.25. The Bertz CT molecular complexity index is 1410. The van der Waals surface area contributed by atoms with Crippen molar-refractivity contribution in [3.8, 4) is 22.3 Å². The molecule has 0 aliphatic carbocycles. The monoisotopic (exact) mass is 491 g/mol. The van der Waals surface area contributed by atoms with Gasteiger partial charge in [-0.05, 0) is 83.1 Å². The summed E-state index contributed by atoms with van der Waals surface area (Å²) in [6.07, 6.45) is 7.57. The molecule has 0 fully saturated rings. The van der Waals surface area contributed by atoms with Gasteiger partial charge in [0, 0.05) is 17.1 Å². The van der Waals surface area contributed by atoms with Crippen LogP contribution >= 0.6 is 0 Å². The SMILES string of the molecule is C/C=C\C(=C/CC)c1ccc(N(c2ccc(-c3ccccc3)cc2)c2ccc(-c3ccccc3)cc2)cc1. The molecule has 0 saturated carbocycles. The van der Waals surface area contributed by atoms with E-state index < -0.39 is 0 Å². The van der Waals surface area contributed by atoms with Gasteiger partial charge in [-0.15, -0.1) is 0 Å². The quantitative estimate of drug-likeness (QED) is 0.195. The Morgan fingerprint density at radius 3 is 1.32 bits per heavy atom. The number of hydrogen-bond acceptors (Lipinski definition) is 1. The molecule has 5 aromatic rings. The molecule has 0 heterocycles. The standard InChI is InChI=1S/C37H33N/c1-3-11-29(12-4-2)32-17-23-35(24-18-32)38(36-25-19-33(20-26-36)30-13-7-5-8-14-30)37-27-21-34(22-28-37)31-15-9-6-10-16-31/h3,5-28H,4H2,1-2H3/b11-3-,29-12+. The molecule has 1 nitrogen and oxygen atoms in total. The van der Waals surface area contributed by atoms with E-state index in [0.717, 1.165) is 23.5 Å². The molecular formula is C37H33N. The van der Waals surface area contributed by atoms with Gasteiger partial charge < -0.3 is 4.90 Å². The lowest BCUT2D eigenvalue weighted by Gasteiger charge is -2.26. The maximum Gasteiger partial charge on any atom is 0.0462 e. The fraction of sp³-hybridized carbons (Fsp3) is 0.0811. The third-order valence-electron chi connectivity index (χ3n) is 6.69. The van der Waals surface area contributed by atoms with Crippen molar-refractivity contribution in [3.63, 3.8) is 0 Å². The predicted octanol–water partition coefficient (Wildman–Crippen LogP) is 10.9. The van der Waals surface area contributed by atoms with Crippen LogP contribution in [-0.4, -0.2) is 0 Å². The summed E-state index contributed by atoms with van der Waals surface area (Å²) in [5.41, 5.74) is 10.7. The van der Waals surface area contributed by atoms with Crippen LogP contribution in [0.2, 0.25) is 0 Å². The molecular weight excluding hydrogens is 458 g/mol. The van der Waals surface area contributed by atoms with Crippen molar-refractivity contribution in [1.82, 2.24) is 0 Å². The van der Waals surface area contributed by atoms with Crippen molar-refractivity contribution in [1.29, 1.82) is 0 Å². The first-order valence-electron chi connectivity index (χ1n) is 13.3. The Balaban J connectivity index is 1.54. The normalized spacial score (nSPS) is 11.6. The van der Waals surface area contributed by atoms with Crippen LogP contribution < -0.4 is 4.90 Å². The molecule has 0 unspecified atom stereocenters. The van der Waals surface area contributed by atoms with Crippen molar-refractivity contribution in [3.05, 3.63) is 157 Å². The molecule has 0 aliphatic heterocycles. The molecule has 0 amide bonds. The number of hydrogen-bond donors (Lipinski definition) is 0. The zero-order valence-corrected chi connectivity index (χ0v) is 22.1. The minimum absolute atomic E-state index is 1.01. The second-order valence-electron chi connectivity index (χ2n) is 9.28. The molecule has 38 heavy (non-hydrogen) atoms. The van der Waals surface area contributed by atoms with Gasteiger partial charge in [0.25, 0.3) is 0 Å². The molecule has 1 heteroatoms. The Kier molecular flexibility index (Phi) is 7.96. The summed E-state index contributed by atoms with van der Waals surface area (Å²) in [5, 5.41) is 0. The van der Waals surface area contributed by atoms with E-state index in [-0.39, 0.29) is 0 Å². The molecule has 5 aromatic carbocycles. The highest BCUT2D eigenvalue weighted by molar-refractivity contribution is 5.81. The highest BCUT2D eigenvalue weighted by Crippen LogP contribution is 2.37. The largest absolute Gasteiger partial charge is 0.311 e. The van der Waals surface area contributed by atoms with Crippen LogP contribution in [0.1, 0.15) is 25.8 Å². The van der Waals surface area contributed by atoms with Crippen molar-refractivity contribution in [2.45, 2.75) is 20.3 Å². The van der Waals surface area contributed by atoms with Gasteiger partial charge in [0.05, 0.1) is 0 Å². The van der Waals surface area contributed by atoms with Crippen LogP contribution in [0.3, 0.4) is 0 Å². The second-order valence-corrected chi connectivity index (χ2v) is 9.28. The first-order chi connectivity index (χ1) is 18.8. The first-order valence-corrected chi connectivity index (χ1v) is 13.3. The van der Waals surface area contributed by atoms with E-state index in [1.807, 2.05) is 0 Å². The fourth-order valence-corrected chi connectivity index (χ4v) is 4.80. The van der Waals surface area contributed by atoms with Gasteiger partial charge >= 0.3 is 0 Å². The number of allylic oxidation sites excluding steroid dienone is 4. The van der Waals surface area contributed by atoms with Crippen LogP contribution in [0, 0.1) is 0 Å². The maximum absolute atomic E-state index is 2.33. The van der Waals surface area contributed by atoms with Crippen LogP contribution in [0.5, 0.6) is 0 Å². The first kappa shape index (κ1) is 25.0. The lowest BCUT2D eigenvalue weighted by atomic mass is 10.0. The Morgan fingerprint density at radius 1 is 0.526 bits per heavy atom. The van der Waals surface area contributed by atoms with Crippen LogP contribution in [0.25, 0.3) is 27.8 Å². The number of benzene rings is 5. The van der Waals surface area contributed by atoms with E-state index in [0.29, 0.717) is 0 Å².